The maximum Gasteiger partial charge on any atom is 0.0970 e. The Balaban J connectivity index is 2.81. The first-order valence-corrected chi connectivity index (χ1v) is 10.1. The second kappa shape index (κ2) is 5.52. The lowest BCUT2D eigenvalue weighted by Gasteiger charge is -2.13. The Bertz CT molecular complexity index is 327. The normalized spacial score (nSPS) is 12.9. The van der Waals surface area contributed by atoms with Gasteiger partial charge < -0.3 is 0 Å². The van der Waals surface area contributed by atoms with Gasteiger partial charge in [-0.05, 0) is 6.26 Å². The molecular weight excluding hydrogens is 218 g/mol. The van der Waals surface area contributed by atoms with Gasteiger partial charge in [0.15, 0.2) is 0 Å². The number of benzene rings is 1. The van der Waals surface area contributed by atoms with E-state index in [-0.39, 0.29) is 0 Å². The number of rotatable bonds is 3. The number of aliphatic imine (C=N–C) groups is 1. The summed E-state index contributed by atoms with van der Waals surface area (Å²) in [6.07, 6.45) is 3.11. The molecule has 0 aliphatic carbocycles. The van der Waals surface area contributed by atoms with Crippen LogP contribution in [-0.2, 0) is 0 Å². The molecule has 3 heteroatoms. The minimum absolute atomic E-state index is 1.01. The van der Waals surface area contributed by atoms with Gasteiger partial charge in [0.2, 0.25) is 0 Å². The fraction of sp³-hybridized carbons (Fsp3) is 0.417. The highest BCUT2D eigenvalue weighted by molar-refractivity contribution is 8.13. The van der Waals surface area contributed by atoms with Crippen molar-refractivity contribution < 1.29 is 0 Å². The zero-order chi connectivity index (χ0) is 11.3. The molecule has 0 aliphatic rings. The van der Waals surface area contributed by atoms with Crippen molar-refractivity contribution in [1.82, 2.24) is 0 Å². The van der Waals surface area contributed by atoms with Gasteiger partial charge in [-0.3, -0.25) is 4.99 Å². The summed E-state index contributed by atoms with van der Waals surface area (Å²) in [4.78, 5) is 4.73. The zero-order valence-corrected chi connectivity index (χ0v) is 11.8. The minimum Gasteiger partial charge on any atom is -0.281 e. The van der Waals surface area contributed by atoms with Crippen LogP contribution in [-0.4, -0.2) is 25.5 Å². The fourth-order valence-corrected chi connectivity index (χ4v) is 2.48. The smallest absolute Gasteiger partial charge is 0.0970 e. The van der Waals surface area contributed by atoms with E-state index >= 15 is 0 Å². The molecule has 0 N–H and O–H groups in total. The molecule has 1 nitrogen and oxygen atoms in total. The highest BCUT2D eigenvalue weighted by Crippen LogP contribution is 2.12. The zero-order valence-electron chi connectivity index (χ0n) is 9.95. The summed E-state index contributed by atoms with van der Waals surface area (Å²) in [5.41, 5.74) is 1.24. The predicted molar refractivity (Wildman–Crippen MR) is 74.7 cm³/mol. The van der Waals surface area contributed by atoms with Gasteiger partial charge in [-0.25, -0.2) is 0 Å². The van der Waals surface area contributed by atoms with E-state index in [9.17, 15) is 0 Å². The van der Waals surface area contributed by atoms with Crippen molar-refractivity contribution in [2.75, 3.05) is 12.4 Å². The Labute approximate surface area is 98.0 Å². The highest BCUT2D eigenvalue weighted by Gasteiger charge is 2.12. The highest BCUT2D eigenvalue weighted by atomic mass is 32.2. The van der Waals surface area contributed by atoms with Crippen molar-refractivity contribution in [2.24, 2.45) is 4.99 Å². The molecule has 15 heavy (non-hydrogen) atoms. The van der Waals surface area contributed by atoms with Gasteiger partial charge in [0.1, 0.15) is 0 Å². The molecule has 0 atom stereocenters. The third kappa shape index (κ3) is 4.67. The molecule has 1 aromatic rings. The Morgan fingerprint density at radius 2 is 1.80 bits per heavy atom. The standard InChI is InChI=1S/C12H19NSSi/c1-14-12(13-10-15(2,3)4)11-8-6-5-7-9-11/h5-9H,10H2,1-4H3/b13-12+. The molecular formula is C12H19NSSi. The monoisotopic (exact) mass is 237 g/mol. The van der Waals surface area contributed by atoms with E-state index < -0.39 is 8.07 Å². The summed E-state index contributed by atoms with van der Waals surface area (Å²) in [6.45, 7) is 7.04. The second-order valence-electron chi connectivity index (χ2n) is 4.75. The summed E-state index contributed by atoms with van der Waals surface area (Å²) in [5.74, 6) is 0. The lowest BCUT2D eigenvalue weighted by molar-refractivity contribution is 1.29. The van der Waals surface area contributed by atoms with E-state index in [1.807, 2.05) is 6.07 Å². The molecule has 0 radical (unpaired) electrons. The van der Waals surface area contributed by atoms with Crippen molar-refractivity contribution in [2.45, 2.75) is 19.6 Å². The minimum atomic E-state index is -1.07. The average Bonchev–Trinajstić information content (AvgIpc) is 2.19. The number of thioether (sulfide) groups is 1. The molecule has 1 rings (SSSR count). The number of hydrogen-bond donors (Lipinski definition) is 0. The van der Waals surface area contributed by atoms with Crippen molar-refractivity contribution in [3.8, 4) is 0 Å². The summed E-state index contributed by atoms with van der Waals surface area (Å²) < 4.78 is 0. The molecule has 82 valence electrons. The van der Waals surface area contributed by atoms with E-state index in [0.717, 1.165) is 11.2 Å². The molecule has 0 saturated carbocycles. The first-order chi connectivity index (χ1) is 7.03. The Hall–Kier alpha value is -0.543. The average molecular weight is 237 g/mol. The number of nitrogens with zero attached hydrogens (tertiary/aromatic N) is 1. The van der Waals surface area contributed by atoms with E-state index in [1.54, 1.807) is 11.8 Å². The maximum atomic E-state index is 4.73. The van der Waals surface area contributed by atoms with E-state index in [0.29, 0.717) is 0 Å². The van der Waals surface area contributed by atoms with Crippen molar-refractivity contribution in [1.29, 1.82) is 0 Å². The van der Waals surface area contributed by atoms with Gasteiger partial charge in [-0.2, -0.15) is 0 Å². The quantitative estimate of drug-likeness (QED) is 0.444. The molecule has 0 unspecified atom stereocenters. The first-order valence-electron chi connectivity index (χ1n) is 5.17. The molecule has 0 saturated heterocycles. The van der Waals surface area contributed by atoms with Crippen LogP contribution < -0.4 is 0 Å². The van der Waals surface area contributed by atoms with Gasteiger partial charge in [0, 0.05) is 11.7 Å². The van der Waals surface area contributed by atoms with Gasteiger partial charge >= 0.3 is 0 Å². The summed E-state index contributed by atoms with van der Waals surface area (Å²) >= 11 is 1.74. The second-order valence-corrected chi connectivity index (χ2v) is 11.0. The third-order valence-electron chi connectivity index (χ3n) is 1.91. The fourth-order valence-electron chi connectivity index (χ4n) is 1.16. The van der Waals surface area contributed by atoms with Crippen molar-refractivity contribution in [3.05, 3.63) is 35.9 Å². The molecule has 0 heterocycles. The van der Waals surface area contributed by atoms with Crippen LogP contribution >= 0.6 is 11.8 Å². The van der Waals surface area contributed by atoms with Crippen LogP contribution in [0.4, 0.5) is 0 Å². The van der Waals surface area contributed by atoms with Gasteiger partial charge in [-0.15, -0.1) is 11.8 Å². The summed E-state index contributed by atoms with van der Waals surface area (Å²) in [5, 5.41) is 1.16. The van der Waals surface area contributed by atoms with Crippen LogP contribution in [0, 0.1) is 0 Å². The van der Waals surface area contributed by atoms with Gasteiger partial charge in [0.25, 0.3) is 0 Å². The SMILES string of the molecule is CS/C(=N/C[Si](C)(C)C)c1ccccc1. The largest absolute Gasteiger partial charge is 0.281 e. The summed E-state index contributed by atoms with van der Waals surface area (Å²) in [7, 11) is -1.07. The van der Waals surface area contributed by atoms with Crippen molar-refractivity contribution in [3.63, 3.8) is 0 Å². The summed E-state index contributed by atoms with van der Waals surface area (Å²) in [6, 6.07) is 10.4. The van der Waals surface area contributed by atoms with E-state index in [1.165, 1.54) is 5.56 Å². The van der Waals surface area contributed by atoms with Crippen LogP contribution in [0.25, 0.3) is 0 Å². The topological polar surface area (TPSA) is 12.4 Å². The molecule has 0 fully saturated rings. The van der Waals surface area contributed by atoms with Crippen LogP contribution in [0.1, 0.15) is 5.56 Å². The Morgan fingerprint density at radius 1 is 1.20 bits per heavy atom. The van der Waals surface area contributed by atoms with Gasteiger partial charge in [-0.1, -0.05) is 50.0 Å². The molecule has 0 spiro atoms. The van der Waals surface area contributed by atoms with Gasteiger partial charge in [0.05, 0.1) is 13.1 Å². The molecule has 0 aromatic heterocycles. The van der Waals surface area contributed by atoms with E-state index in [2.05, 4.69) is 50.2 Å². The predicted octanol–water partition coefficient (Wildman–Crippen LogP) is 3.67. The molecule has 0 aliphatic heterocycles. The first kappa shape index (κ1) is 12.5. The van der Waals surface area contributed by atoms with Crippen LogP contribution in [0.3, 0.4) is 0 Å². The molecule has 0 bridgehead atoms. The molecule has 1 aromatic carbocycles. The Kier molecular flexibility index (Phi) is 4.61. The molecule has 0 amide bonds. The van der Waals surface area contributed by atoms with Crippen molar-refractivity contribution >= 4 is 24.9 Å². The lowest BCUT2D eigenvalue weighted by atomic mass is 10.2. The van der Waals surface area contributed by atoms with Crippen LogP contribution in [0.2, 0.25) is 19.6 Å². The van der Waals surface area contributed by atoms with Crippen LogP contribution in [0.5, 0.6) is 0 Å². The maximum absolute atomic E-state index is 4.73. The number of hydrogen-bond acceptors (Lipinski definition) is 2. The lowest BCUT2D eigenvalue weighted by Crippen LogP contribution is -2.25. The third-order valence-corrected chi connectivity index (χ3v) is 3.77. The Morgan fingerprint density at radius 3 is 2.27 bits per heavy atom. The van der Waals surface area contributed by atoms with Crippen LogP contribution in [0.15, 0.2) is 35.3 Å². The van der Waals surface area contributed by atoms with E-state index in [4.69, 9.17) is 4.99 Å².